The smallest absolute Gasteiger partial charge is 0.261 e. The highest BCUT2D eigenvalue weighted by molar-refractivity contribution is 6.21. The molecule has 1 aliphatic heterocycles. The van der Waals surface area contributed by atoms with Gasteiger partial charge in [-0.3, -0.25) is 19.3 Å². The average Bonchev–Trinajstić information content (AvgIpc) is 3.63. The third kappa shape index (κ3) is 3.75. The highest BCUT2D eigenvalue weighted by Gasteiger charge is 2.35. The number of fused-ring (bicyclic) bond motifs is 1. The Morgan fingerprint density at radius 1 is 0.839 bits per heavy atom. The van der Waals surface area contributed by atoms with Crippen LogP contribution in [0.25, 0.3) is 0 Å². The van der Waals surface area contributed by atoms with Crippen LogP contribution in [0, 0.1) is 5.92 Å². The SMILES string of the molecule is O=C(NC(c1ccccc1)C1CC1)c1ccc(CN2C(=O)c3ccccc3C2=O)cc1. The van der Waals surface area contributed by atoms with E-state index in [1.807, 2.05) is 18.2 Å². The number of carbonyl (C=O) groups is 3. The molecule has 1 aliphatic carbocycles. The molecule has 3 aromatic rings. The number of amides is 3. The zero-order valence-electron chi connectivity index (χ0n) is 17.0. The minimum absolute atomic E-state index is 0.0201. The lowest BCUT2D eigenvalue weighted by molar-refractivity contribution is 0.0641. The molecule has 0 saturated heterocycles. The summed E-state index contributed by atoms with van der Waals surface area (Å²) in [6.45, 7) is 0.183. The maximum absolute atomic E-state index is 12.8. The first-order valence-electron chi connectivity index (χ1n) is 10.5. The maximum atomic E-state index is 12.8. The highest BCUT2D eigenvalue weighted by atomic mass is 16.2. The van der Waals surface area contributed by atoms with Gasteiger partial charge in [0.1, 0.15) is 0 Å². The van der Waals surface area contributed by atoms with Gasteiger partial charge in [0.05, 0.1) is 23.7 Å². The van der Waals surface area contributed by atoms with E-state index in [-0.39, 0.29) is 30.3 Å². The van der Waals surface area contributed by atoms with Crippen LogP contribution in [0.1, 0.15) is 61.1 Å². The van der Waals surface area contributed by atoms with Gasteiger partial charge in [0.25, 0.3) is 17.7 Å². The van der Waals surface area contributed by atoms with Crippen LogP contribution in [-0.4, -0.2) is 22.6 Å². The number of nitrogens with zero attached hydrogens (tertiary/aromatic N) is 1. The van der Waals surface area contributed by atoms with Crippen molar-refractivity contribution in [3.63, 3.8) is 0 Å². The minimum Gasteiger partial charge on any atom is -0.345 e. The Hall–Kier alpha value is -3.73. The van der Waals surface area contributed by atoms with Crippen LogP contribution >= 0.6 is 0 Å². The van der Waals surface area contributed by atoms with Crippen molar-refractivity contribution in [2.24, 2.45) is 5.92 Å². The third-order valence-corrected chi connectivity index (χ3v) is 5.97. The first-order chi connectivity index (χ1) is 15.1. The van der Waals surface area contributed by atoms with Gasteiger partial charge in [-0.25, -0.2) is 0 Å². The maximum Gasteiger partial charge on any atom is 0.261 e. The molecule has 1 saturated carbocycles. The topological polar surface area (TPSA) is 66.5 Å². The predicted octanol–water partition coefficient (Wildman–Crippen LogP) is 4.36. The van der Waals surface area contributed by atoms with Crippen molar-refractivity contribution in [3.8, 4) is 0 Å². The van der Waals surface area contributed by atoms with Gasteiger partial charge < -0.3 is 5.32 Å². The Kier molecular flexibility index (Phi) is 4.86. The van der Waals surface area contributed by atoms with E-state index in [9.17, 15) is 14.4 Å². The standard InChI is InChI=1S/C26H22N2O3/c29-24(27-23(19-14-15-19)18-6-2-1-3-7-18)20-12-10-17(11-13-20)16-28-25(30)21-8-4-5-9-22(21)26(28)31/h1-13,19,23H,14-16H2,(H,27,29). The zero-order valence-corrected chi connectivity index (χ0v) is 17.0. The van der Waals surface area contributed by atoms with Crippen molar-refractivity contribution in [3.05, 3.63) is 107 Å². The van der Waals surface area contributed by atoms with Crippen LogP contribution in [0.15, 0.2) is 78.9 Å². The molecule has 1 N–H and O–H groups in total. The number of nitrogens with one attached hydrogen (secondary N) is 1. The van der Waals surface area contributed by atoms with Gasteiger partial charge in [0.15, 0.2) is 0 Å². The fourth-order valence-corrected chi connectivity index (χ4v) is 4.11. The van der Waals surface area contributed by atoms with Gasteiger partial charge in [-0.2, -0.15) is 0 Å². The molecular weight excluding hydrogens is 388 g/mol. The molecule has 1 atom stereocenters. The largest absolute Gasteiger partial charge is 0.345 e. The number of rotatable bonds is 6. The number of imide groups is 1. The molecule has 0 spiro atoms. The van der Waals surface area contributed by atoms with E-state index in [0.29, 0.717) is 22.6 Å². The predicted molar refractivity (Wildman–Crippen MR) is 116 cm³/mol. The highest BCUT2D eigenvalue weighted by Crippen LogP contribution is 2.41. The summed E-state index contributed by atoms with van der Waals surface area (Å²) in [7, 11) is 0. The van der Waals surface area contributed by atoms with Gasteiger partial charge in [-0.1, -0.05) is 54.6 Å². The second-order valence-electron chi connectivity index (χ2n) is 8.14. The molecule has 31 heavy (non-hydrogen) atoms. The molecule has 1 heterocycles. The van der Waals surface area contributed by atoms with Gasteiger partial charge in [0.2, 0.25) is 0 Å². The van der Waals surface area contributed by atoms with E-state index in [1.54, 1.807) is 48.5 Å². The second-order valence-corrected chi connectivity index (χ2v) is 8.14. The van der Waals surface area contributed by atoms with Crippen LogP contribution in [0.5, 0.6) is 0 Å². The fraction of sp³-hybridized carbons (Fsp3) is 0.192. The molecule has 1 fully saturated rings. The Labute approximate surface area is 180 Å². The summed E-state index contributed by atoms with van der Waals surface area (Å²) in [5.41, 5.74) is 3.37. The van der Waals surface area contributed by atoms with Crippen LogP contribution in [0.2, 0.25) is 0 Å². The van der Waals surface area contributed by atoms with Crippen LogP contribution in [-0.2, 0) is 6.54 Å². The first kappa shape index (κ1) is 19.2. The number of carbonyl (C=O) groups excluding carboxylic acids is 3. The molecule has 3 aromatic carbocycles. The van der Waals surface area contributed by atoms with Crippen LogP contribution in [0.3, 0.4) is 0 Å². The molecule has 0 bridgehead atoms. The molecule has 0 aromatic heterocycles. The van der Waals surface area contributed by atoms with E-state index in [1.165, 1.54) is 4.90 Å². The molecule has 0 radical (unpaired) electrons. The van der Waals surface area contributed by atoms with E-state index < -0.39 is 0 Å². The number of hydrogen-bond acceptors (Lipinski definition) is 3. The molecule has 5 heteroatoms. The quantitative estimate of drug-likeness (QED) is 0.614. The van der Waals surface area contributed by atoms with Crippen molar-refractivity contribution >= 4 is 17.7 Å². The van der Waals surface area contributed by atoms with Crippen molar-refractivity contribution in [1.82, 2.24) is 10.2 Å². The normalized spacial score (nSPS) is 16.2. The monoisotopic (exact) mass is 410 g/mol. The van der Waals surface area contributed by atoms with Gasteiger partial charge in [0, 0.05) is 5.56 Å². The zero-order chi connectivity index (χ0) is 21.4. The summed E-state index contributed by atoms with van der Waals surface area (Å²) in [5.74, 6) is -0.192. The lowest BCUT2D eigenvalue weighted by atomic mass is 10.0. The molecule has 5 nitrogen and oxygen atoms in total. The summed E-state index contributed by atoms with van der Waals surface area (Å²) in [4.78, 5) is 39.2. The third-order valence-electron chi connectivity index (χ3n) is 5.97. The summed E-state index contributed by atoms with van der Waals surface area (Å²) < 4.78 is 0. The van der Waals surface area contributed by atoms with Crippen LogP contribution < -0.4 is 5.32 Å². The molecule has 2 aliphatic rings. The summed E-state index contributed by atoms with van der Waals surface area (Å²) >= 11 is 0. The van der Waals surface area contributed by atoms with E-state index in [0.717, 1.165) is 24.0 Å². The Bertz CT molecular complexity index is 1120. The Morgan fingerprint density at radius 2 is 1.42 bits per heavy atom. The minimum atomic E-state index is -0.280. The summed E-state index contributed by atoms with van der Waals surface area (Å²) in [5, 5.41) is 3.17. The Balaban J connectivity index is 1.28. The van der Waals surface area contributed by atoms with E-state index >= 15 is 0 Å². The van der Waals surface area contributed by atoms with E-state index in [4.69, 9.17) is 0 Å². The van der Waals surface area contributed by atoms with Gasteiger partial charge in [-0.05, 0) is 54.2 Å². The number of benzene rings is 3. The number of hydrogen-bond donors (Lipinski definition) is 1. The molecule has 3 amide bonds. The lowest BCUT2D eigenvalue weighted by Gasteiger charge is -2.19. The first-order valence-corrected chi connectivity index (χ1v) is 10.5. The van der Waals surface area contributed by atoms with Crippen molar-refractivity contribution in [1.29, 1.82) is 0 Å². The summed E-state index contributed by atoms with van der Waals surface area (Å²) in [6.07, 6.45) is 2.25. The fourth-order valence-electron chi connectivity index (χ4n) is 4.11. The van der Waals surface area contributed by atoms with Gasteiger partial charge in [-0.15, -0.1) is 0 Å². The van der Waals surface area contributed by atoms with Crippen molar-refractivity contribution in [2.75, 3.05) is 0 Å². The van der Waals surface area contributed by atoms with Crippen molar-refractivity contribution in [2.45, 2.75) is 25.4 Å². The lowest BCUT2D eigenvalue weighted by Crippen LogP contribution is -2.30. The van der Waals surface area contributed by atoms with Crippen LogP contribution in [0.4, 0.5) is 0 Å². The Morgan fingerprint density at radius 3 is 2.00 bits per heavy atom. The second kappa shape index (κ2) is 7.84. The molecule has 5 rings (SSSR count). The summed E-state index contributed by atoms with van der Waals surface area (Å²) in [6, 6.07) is 24.0. The molecule has 1 unspecified atom stereocenters. The van der Waals surface area contributed by atoms with Crippen molar-refractivity contribution < 1.29 is 14.4 Å². The molecular formula is C26H22N2O3. The van der Waals surface area contributed by atoms with E-state index in [2.05, 4.69) is 17.4 Å². The molecule has 154 valence electrons. The average molecular weight is 410 g/mol. The van der Waals surface area contributed by atoms with Gasteiger partial charge >= 0.3 is 0 Å².